The summed E-state index contributed by atoms with van der Waals surface area (Å²) < 4.78 is 1.89. The molecule has 3 heterocycles. The van der Waals surface area contributed by atoms with Crippen LogP contribution in [0.3, 0.4) is 0 Å². The summed E-state index contributed by atoms with van der Waals surface area (Å²) in [4.78, 5) is 14.4. The van der Waals surface area contributed by atoms with Gasteiger partial charge in [-0.05, 0) is 31.4 Å². The van der Waals surface area contributed by atoms with Gasteiger partial charge in [-0.2, -0.15) is 10.2 Å². The number of hydrogen-bond acceptors (Lipinski definition) is 3. The third kappa shape index (κ3) is 2.52. The number of amides is 1. The van der Waals surface area contributed by atoms with Crippen LogP contribution in [0.25, 0.3) is 0 Å². The van der Waals surface area contributed by atoms with Crippen LogP contribution in [-0.2, 0) is 6.54 Å². The van der Waals surface area contributed by atoms with E-state index in [2.05, 4.69) is 15.3 Å². The van der Waals surface area contributed by atoms with Crippen LogP contribution in [-0.4, -0.2) is 43.4 Å². The van der Waals surface area contributed by atoms with Crippen molar-refractivity contribution in [3.63, 3.8) is 0 Å². The van der Waals surface area contributed by atoms with Crippen molar-refractivity contribution >= 4 is 5.91 Å². The van der Waals surface area contributed by atoms with Gasteiger partial charge in [0.15, 0.2) is 0 Å². The minimum atomic E-state index is 0.0364. The molecule has 2 aromatic rings. The number of aromatic nitrogens is 4. The Morgan fingerprint density at radius 3 is 3.11 bits per heavy atom. The molecule has 0 aliphatic carbocycles. The number of hydrogen-bond donors (Lipinski definition) is 1. The predicted molar refractivity (Wildman–Crippen MR) is 69.5 cm³/mol. The summed E-state index contributed by atoms with van der Waals surface area (Å²) in [5.41, 5.74) is 0.562. The summed E-state index contributed by atoms with van der Waals surface area (Å²) in [5.74, 6) is 0.0364. The molecule has 1 saturated heterocycles. The van der Waals surface area contributed by atoms with Gasteiger partial charge < -0.3 is 4.90 Å². The van der Waals surface area contributed by atoms with Crippen LogP contribution in [0.5, 0.6) is 0 Å². The van der Waals surface area contributed by atoms with Gasteiger partial charge >= 0.3 is 0 Å². The van der Waals surface area contributed by atoms with Crippen LogP contribution >= 0.6 is 0 Å². The van der Waals surface area contributed by atoms with E-state index in [1.54, 1.807) is 18.5 Å². The van der Waals surface area contributed by atoms with Crippen molar-refractivity contribution in [2.24, 2.45) is 0 Å². The van der Waals surface area contributed by atoms with Crippen LogP contribution in [0.2, 0.25) is 0 Å². The van der Waals surface area contributed by atoms with E-state index >= 15 is 0 Å². The Hall–Kier alpha value is -2.11. The molecule has 2 aromatic heterocycles. The van der Waals surface area contributed by atoms with Gasteiger partial charge in [0, 0.05) is 25.1 Å². The van der Waals surface area contributed by atoms with Crippen molar-refractivity contribution in [1.29, 1.82) is 0 Å². The van der Waals surface area contributed by atoms with Gasteiger partial charge in [-0.1, -0.05) is 0 Å². The first-order valence-electron chi connectivity index (χ1n) is 6.62. The molecule has 0 aromatic carbocycles. The molecule has 3 rings (SSSR count). The molecule has 0 saturated carbocycles. The van der Waals surface area contributed by atoms with Crippen molar-refractivity contribution in [3.05, 3.63) is 36.4 Å². The molecular formula is C13H17N5O. The number of piperidine rings is 1. The topological polar surface area (TPSA) is 66.8 Å². The zero-order valence-corrected chi connectivity index (χ0v) is 10.7. The Bertz CT molecular complexity index is 519. The third-order valence-electron chi connectivity index (χ3n) is 3.58. The zero-order chi connectivity index (χ0) is 13.1. The van der Waals surface area contributed by atoms with Crippen LogP contribution in [0, 0.1) is 0 Å². The van der Waals surface area contributed by atoms with Gasteiger partial charge in [-0.3, -0.25) is 14.6 Å². The summed E-state index contributed by atoms with van der Waals surface area (Å²) in [5, 5.41) is 10.8. The second kappa shape index (κ2) is 5.26. The lowest BCUT2D eigenvalue weighted by atomic mass is 10.0. The van der Waals surface area contributed by atoms with Crippen LogP contribution in [0.1, 0.15) is 29.8 Å². The Morgan fingerprint density at radius 1 is 1.42 bits per heavy atom. The van der Waals surface area contributed by atoms with Crippen molar-refractivity contribution in [2.45, 2.75) is 31.8 Å². The van der Waals surface area contributed by atoms with Crippen LogP contribution in [0.15, 0.2) is 30.7 Å². The normalized spacial score (nSPS) is 19.6. The molecule has 100 valence electrons. The monoisotopic (exact) mass is 259 g/mol. The highest BCUT2D eigenvalue weighted by atomic mass is 16.2. The average Bonchev–Trinajstić information content (AvgIpc) is 3.11. The second-order valence-electron chi connectivity index (χ2n) is 4.85. The highest BCUT2D eigenvalue weighted by Crippen LogP contribution is 2.20. The summed E-state index contributed by atoms with van der Waals surface area (Å²) >= 11 is 0. The predicted octanol–water partition coefficient (Wildman–Crippen LogP) is 1.30. The minimum Gasteiger partial charge on any atom is -0.332 e. The van der Waals surface area contributed by atoms with Gasteiger partial charge in [0.2, 0.25) is 0 Å². The highest BCUT2D eigenvalue weighted by Gasteiger charge is 2.28. The molecule has 0 radical (unpaired) electrons. The first kappa shape index (κ1) is 12.0. The van der Waals surface area contributed by atoms with Gasteiger partial charge in [0.25, 0.3) is 5.91 Å². The quantitative estimate of drug-likeness (QED) is 0.903. The maximum atomic E-state index is 12.4. The zero-order valence-electron chi connectivity index (χ0n) is 10.7. The molecule has 1 aliphatic rings. The fourth-order valence-corrected chi connectivity index (χ4v) is 2.61. The summed E-state index contributed by atoms with van der Waals surface area (Å²) in [6.07, 6.45) is 8.57. The lowest BCUT2D eigenvalue weighted by molar-refractivity contribution is 0.0578. The summed E-state index contributed by atoms with van der Waals surface area (Å²) in [6.45, 7) is 1.57. The molecule has 19 heavy (non-hydrogen) atoms. The van der Waals surface area contributed by atoms with E-state index in [0.29, 0.717) is 5.69 Å². The lowest BCUT2D eigenvalue weighted by Gasteiger charge is -2.35. The fourth-order valence-electron chi connectivity index (χ4n) is 2.61. The molecule has 0 unspecified atom stereocenters. The van der Waals surface area contributed by atoms with Gasteiger partial charge in [0.1, 0.15) is 5.69 Å². The third-order valence-corrected chi connectivity index (χ3v) is 3.58. The SMILES string of the molecule is O=C(c1ccn[nH]1)N1CCCC[C@H]1Cn1cccn1. The van der Waals surface area contributed by atoms with Crippen molar-refractivity contribution < 1.29 is 4.79 Å². The summed E-state index contributed by atoms with van der Waals surface area (Å²) in [6, 6.07) is 3.84. The largest absolute Gasteiger partial charge is 0.332 e. The van der Waals surface area contributed by atoms with Gasteiger partial charge in [-0.25, -0.2) is 0 Å². The number of carbonyl (C=O) groups excluding carboxylic acids is 1. The van der Waals surface area contributed by atoms with Crippen molar-refractivity contribution in [2.75, 3.05) is 6.54 Å². The molecule has 0 bridgehead atoms. The Balaban J connectivity index is 1.75. The molecule has 1 atom stereocenters. The van der Waals surface area contributed by atoms with E-state index in [1.807, 2.05) is 21.8 Å². The van der Waals surface area contributed by atoms with Crippen LogP contribution in [0.4, 0.5) is 0 Å². The van der Waals surface area contributed by atoms with Gasteiger partial charge in [-0.15, -0.1) is 0 Å². The molecule has 1 aliphatic heterocycles. The molecule has 1 N–H and O–H groups in total. The molecule has 1 amide bonds. The standard InChI is InChI=1S/C13H17N5O/c19-13(12-5-7-14-16-12)18-9-2-1-4-11(18)10-17-8-3-6-15-17/h3,5-8,11H,1-2,4,9-10H2,(H,14,16)/t11-/m0/s1. The minimum absolute atomic E-state index is 0.0364. The number of H-pyrrole nitrogens is 1. The molecule has 6 heteroatoms. The number of nitrogens with one attached hydrogen (secondary N) is 1. The van der Waals surface area contributed by atoms with Crippen molar-refractivity contribution in [1.82, 2.24) is 24.9 Å². The van der Waals surface area contributed by atoms with Gasteiger partial charge in [0.05, 0.1) is 12.6 Å². The van der Waals surface area contributed by atoms with E-state index in [9.17, 15) is 4.79 Å². The Morgan fingerprint density at radius 2 is 2.37 bits per heavy atom. The van der Waals surface area contributed by atoms with E-state index in [-0.39, 0.29) is 11.9 Å². The molecular weight excluding hydrogens is 242 g/mol. The number of rotatable bonds is 3. The second-order valence-corrected chi connectivity index (χ2v) is 4.85. The Kier molecular flexibility index (Phi) is 3.31. The van der Waals surface area contributed by atoms with E-state index in [1.165, 1.54) is 6.42 Å². The maximum absolute atomic E-state index is 12.4. The summed E-state index contributed by atoms with van der Waals surface area (Å²) in [7, 11) is 0. The number of nitrogens with zero attached hydrogens (tertiary/aromatic N) is 4. The van der Waals surface area contributed by atoms with E-state index < -0.39 is 0 Å². The first-order valence-corrected chi connectivity index (χ1v) is 6.62. The van der Waals surface area contributed by atoms with Crippen molar-refractivity contribution in [3.8, 4) is 0 Å². The highest BCUT2D eigenvalue weighted by molar-refractivity contribution is 5.92. The van der Waals surface area contributed by atoms with Crippen LogP contribution < -0.4 is 0 Å². The number of carbonyl (C=O) groups is 1. The lowest BCUT2D eigenvalue weighted by Crippen LogP contribution is -2.46. The fraction of sp³-hybridized carbons (Fsp3) is 0.462. The number of aromatic amines is 1. The van der Waals surface area contributed by atoms with E-state index in [4.69, 9.17) is 0 Å². The Labute approximate surface area is 111 Å². The maximum Gasteiger partial charge on any atom is 0.272 e. The molecule has 1 fully saturated rings. The smallest absolute Gasteiger partial charge is 0.272 e. The van der Waals surface area contributed by atoms with E-state index in [0.717, 1.165) is 25.9 Å². The number of likely N-dealkylation sites (tertiary alicyclic amines) is 1. The molecule has 6 nitrogen and oxygen atoms in total. The first-order chi connectivity index (χ1) is 9.34. The molecule has 0 spiro atoms. The average molecular weight is 259 g/mol.